The van der Waals surface area contributed by atoms with Crippen molar-refractivity contribution in [3.05, 3.63) is 51.7 Å². The van der Waals surface area contributed by atoms with E-state index >= 15 is 0 Å². The van der Waals surface area contributed by atoms with E-state index in [1.807, 2.05) is 24.4 Å². The average Bonchev–Trinajstić information content (AvgIpc) is 2.96. The van der Waals surface area contributed by atoms with Gasteiger partial charge in [0, 0.05) is 23.7 Å². The molecule has 0 bridgehead atoms. The van der Waals surface area contributed by atoms with E-state index in [0.29, 0.717) is 18.7 Å². The quantitative estimate of drug-likeness (QED) is 0.894. The van der Waals surface area contributed by atoms with E-state index < -0.39 is 11.7 Å². The molecule has 1 aromatic carbocycles. The Balaban J connectivity index is 2.40. The topological polar surface area (TPSA) is 29.3 Å². The zero-order chi connectivity index (χ0) is 15.5. The first-order chi connectivity index (χ1) is 9.95. The molecule has 2 nitrogen and oxygen atoms in total. The highest BCUT2D eigenvalue weighted by Crippen LogP contribution is 2.37. The number of rotatable bonds is 5. The van der Waals surface area contributed by atoms with E-state index in [9.17, 15) is 13.2 Å². The molecule has 21 heavy (non-hydrogen) atoms. The third-order valence-electron chi connectivity index (χ3n) is 3.25. The fourth-order valence-corrected chi connectivity index (χ4v) is 2.89. The van der Waals surface area contributed by atoms with Crippen LogP contribution in [0.15, 0.2) is 35.7 Å². The number of halogens is 3. The minimum Gasteiger partial charge on any atom is -0.366 e. The highest BCUT2D eigenvalue weighted by molar-refractivity contribution is 7.09. The second kappa shape index (κ2) is 6.49. The predicted octanol–water partition coefficient (Wildman–Crippen LogP) is 4.25. The van der Waals surface area contributed by atoms with Gasteiger partial charge >= 0.3 is 6.18 Å². The molecule has 0 saturated carbocycles. The Morgan fingerprint density at radius 2 is 2.00 bits per heavy atom. The van der Waals surface area contributed by atoms with Crippen molar-refractivity contribution in [2.75, 3.05) is 11.4 Å². The van der Waals surface area contributed by atoms with E-state index in [0.717, 1.165) is 10.9 Å². The number of anilines is 1. The molecule has 6 heteroatoms. The molecule has 0 fully saturated rings. The smallest absolute Gasteiger partial charge is 0.366 e. The molecule has 114 valence electrons. The first-order valence-corrected chi connectivity index (χ1v) is 7.51. The molecule has 2 N–H and O–H groups in total. The maximum atomic E-state index is 13.3. The van der Waals surface area contributed by atoms with E-state index in [1.54, 1.807) is 11.0 Å². The Bertz CT molecular complexity index is 579. The Hall–Kier alpha value is -1.53. The molecule has 0 aliphatic rings. The van der Waals surface area contributed by atoms with Crippen LogP contribution in [0, 0.1) is 0 Å². The Morgan fingerprint density at radius 1 is 1.24 bits per heavy atom. The number of benzene rings is 1. The molecule has 0 spiro atoms. The second-order valence-electron chi connectivity index (χ2n) is 4.65. The van der Waals surface area contributed by atoms with Gasteiger partial charge in [0.15, 0.2) is 0 Å². The molecule has 2 aromatic rings. The molecule has 0 aliphatic carbocycles. The summed E-state index contributed by atoms with van der Waals surface area (Å²) in [6.07, 6.45) is -4.39. The number of alkyl halides is 3. The van der Waals surface area contributed by atoms with Gasteiger partial charge in [-0.25, -0.2) is 0 Å². The molecule has 0 radical (unpaired) electrons. The lowest BCUT2D eigenvalue weighted by Gasteiger charge is -2.26. The number of nitrogens with zero attached hydrogens (tertiary/aromatic N) is 1. The fraction of sp³-hybridized carbons (Fsp3) is 0.333. The molecule has 0 amide bonds. The van der Waals surface area contributed by atoms with Crippen molar-refractivity contribution in [1.29, 1.82) is 0 Å². The Morgan fingerprint density at radius 3 is 2.52 bits per heavy atom. The van der Waals surface area contributed by atoms with Gasteiger partial charge < -0.3 is 10.6 Å². The van der Waals surface area contributed by atoms with Gasteiger partial charge in [0.1, 0.15) is 0 Å². The van der Waals surface area contributed by atoms with E-state index in [4.69, 9.17) is 5.73 Å². The molecular weight excluding hydrogens is 297 g/mol. The SMILES string of the molecule is CCN(Cc1cccs1)c1ccc(CN)cc1C(F)(F)F. The van der Waals surface area contributed by atoms with Crippen molar-refractivity contribution in [2.24, 2.45) is 5.73 Å². The van der Waals surface area contributed by atoms with Gasteiger partial charge in [-0.05, 0) is 36.1 Å². The summed E-state index contributed by atoms with van der Waals surface area (Å²) in [5, 5.41) is 1.92. The van der Waals surface area contributed by atoms with Gasteiger partial charge in [-0.15, -0.1) is 11.3 Å². The van der Waals surface area contributed by atoms with Crippen LogP contribution < -0.4 is 10.6 Å². The van der Waals surface area contributed by atoms with Crippen molar-refractivity contribution < 1.29 is 13.2 Å². The summed E-state index contributed by atoms with van der Waals surface area (Å²) in [6, 6.07) is 8.14. The van der Waals surface area contributed by atoms with Crippen LogP contribution in [0.4, 0.5) is 18.9 Å². The highest BCUT2D eigenvalue weighted by Gasteiger charge is 2.35. The largest absolute Gasteiger partial charge is 0.418 e. The molecule has 1 heterocycles. The third kappa shape index (κ3) is 3.77. The lowest BCUT2D eigenvalue weighted by Crippen LogP contribution is -2.25. The van der Waals surface area contributed by atoms with Crippen molar-refractivity contribution >= 4 is 17.0 Å². The highest BCUT2D eigenvalue weighted by atomic mass is 32.1. The zero-order valence-corrected chi connectivity index (χ0v) is 12.5. The van der Waals surface area contributed by atoms with Crippen LogP contribution in [0.2, 0.25) is 0 Å². The minimum atomic E-state index is -4.39. The van der Waals surface area contributed by atoms with Crippen LogP contribution in [0.1, 0.15) is 22.9 Å². The predicted molar refractivity (Wildman–Crippen MR) is 80.4 cm³/mol. The maximum absolute atomic E-state index is 13.3. The van der Waals surface area contributed by atoms with E-state index in [2.05, 4.69) is 0 Å². The summed E-state index contributed by atoms with van der Waals surface area (Å²) < 4.78 is 39.8. The summed E-state index contributed by atoms with van der Waals surface area (Å²) in [4.78, 5) is 2.77. The Labute approximate surface area is 126 Å². The molecule has 2 rings (SSSR count). The summed E-state index contributed by atoms with van der Waals surface area (Å²) >= 11 is 1.54. The summed E-state index contributed by atoms with van der Waals surface area (Å²) in [5.74, 6) is 0. The van der Waals surface area contributed by atoms with Crippen molar-refractivity contribution in [2.45, 2.75) is 26.2 Å². The Kier molecular flexibility index (Phi) is 4.90. The van der Waals surface area contributed by atoms with Gasteiger partial charge in [0.2, 0.25) is 0 Å². The van der Waals surface area contributed by atoms with Crippen molar-refractivity contribution in [3.8, 4) is 0 Å². The van der Waals surface area contributed by atoms with Crippen molar-refractivity contribution in [3.63, 3.8) is 0 Å². The summed E-state index contributed by atoms with van der Waals surface area (Å²) in [7, 11) is 0. The van der Waals surface area contributed by atoms with E-state index in [-0.39, 0.29) is 12.2 Å². The lowest BCUT2D eigenvalue weighted by atomic mass is 10.1. The third-order valence-corrected chi connectivity index (χ3v) is 4.11. The minimum absolute atomic E-state index is 0.0976. The average molecular weight is 314 g/mol. The number of hydrogen-bond donors (Lipinski definition) is 1. The molecule has 1 aromatic heterocycles. The molecule has 0 unspecified atom stereocenters. The fourth-order valence-electron chi connectivity index (χ4n) is 2.17. The lowest BCUT2D eigenvalue weighted by molar-refractivity contribution is -0.137. The van der Waals surface area contributed by atoms with Crippen LogP contribution in [0.3, 0.4) is 0 Å². The van der Waals surface area contributed by atoms with Crippen LogP contribution in [-0.4, -0.2) is 6.54 Å². The zero-order valence-electron chi connectivity index (χ0n) is 11.7. The van der Waals surface area contributed by atoms with Gasteiger partial charge in [-0.2, -0.15) is 13.2 Å². The molecule has 0 saturated heterocycles. The molecule has 0 atom stereocenters. The molecular formula is C15H17F3N2S. The normalized spacial score (nSPS) is 11.7. The van der Waals surface area contributed by atoms with E-state index in [1.165, 1.54) is 17.4 Å². The second-order valence-corrected chi connectivity index (χ2v) is 5.68. The molecule has 0 aliphatic heterocycles. The van der Waals surface area contributed by atoms with Crippen LogP contribution >= 0.6 is 11.3 Å². The van der Waals surface area contributed by atoms with Crippen molar-refractivity contribution in [1.82, 2.24) is 0 Å². The van der Waals surface area contributed by atoms with Gasteiger partial charge in [0.05, 0.1) is 12.1 Å². The van der Waals surface area contributed by atoms with Crippen LogP contribution in [0.5, 0.6) is 0 Å². The summed E-state index contributed by atoms with van der Waals surface area (Å²) in [5.41, 5.74) is 5.52. The van der Waals surface area contributed by atoms with Gasteiger partial charge in [0.25, 0.3) is 0 Å². The van der Waals surface area contributed by atoms with Crippen LogP contribution in [0.25, 0.3) is 0 Å². The first-order valence-electron chi connectivity index (χ1n) is 6.63. The first kappa shape index (κ1) is 15.9. The monoisotopic (exact) mass is 314 g/mol. The summed E-state index contributed by atoms with van der Waals surface area (Å²) in [6.45, 7) is 2.92. The number of hydrogen-bond acceptors (Lipinski definition) is 3. The number of thiophene rings is 1. The van der Waals surface area contributed by atoms with Gasteiger partial charge in [-0.3, -0.25) is 0 Å². The number of nitrogens with two attached hydrogens (primary N) is 1. The maximum Gasteiger partial charge on any atom is 0.418 e. The standard InChI is InChI=1S/C15H17F3N2S/c1-2-20(10-12-4-3-7-21-12)14-6-5-11(9-19)8-13(14)15(16,17)18/h3-8H,2,9-10,19H2,1H3. The van der Waals surface area contributed by atoms with Crippen LogP contribution in [-0.2, 0) is 19.3 Å². The van der Waals surface area contributed by atoms with Gasteiger partial charge in [-0.1, -0.05) is 12.1 Å².